The molecule has 28 heavy (non-hydrogen) atoms. The lowest BCUT2D eigenvalue weighted by Crippen LogP contribution is -2.24. The molecule has 3 heterocycles. The van der Waals surface area contributed by atoms with Crippen LogP contribution in [0.1, 0.15) is 40.3 Å². The number of ether oxygens (including phenoxy) is 1. The normalized spacial score (nSPS) is 13.8. The van der Waals surface area contributed by atoms with Crippen LogP contribution in [0.3, 0.4) is 0 Å². The van der Waals surface area contributed by atoms with Crippen LogP contribution in [0.25, 0.3) is 10.2 Å². The molecule has 1 aromatic carbocycles. The number of hydrogen-bond donors (Lipinski definition) is 2. The molecule has 2 N–H and O–H groups in total. The first kappa shape index (κ1) is 18.5. The van der Waals surface area contributed by atoms with Crippen molar-refractivity contribution in [3.05, 3.63) is 44.8 Å². The van der Waals surface area contributed by atoms with Crippen molar-refractivity contribution < 1.29 is 14.6 Å². The van der Waals surface area contributed by atoms with E-state index < -0.39 is 0 Å². The van der Waals surface area contributed by atoms with E-state index in [0.717, 1.165) is 31.5 Å². The number of fused-ring (bicyclic) bond motifs is 2. The number of methoxy groups -OCH3 is 1. The number of amides is 1. The smallest absolute Gasteiger partial charge is 0.266 e. The third-order valence-corrected chi connectivity index (χ3v) is 6.24. The van der Waals surface area contributed by atoms with E-state index in [-0.39, 0.29) is 23.0 Å². The SMILES string of the molecule is COc1cc(NC(=O)c2sc3nc4n(c(=O)c3c2C)CCCCC4)ccc1O. The third kappa shape index (κ3) is 3.13. The minimum atomic E-state index is -0.312. The number of rotatable bonds is 3. The van der Waals surface area contributed by atoms with Crippen LogP contribution in [0.2, 0.25) is 0 Å². The van der Waals surface area contributed by atoms with Crippen LogP contribution in [0.5, 0.6) is 11.5 Å². The molecule has 0 fully saturated rings. The summed E-state index contributed by atoms with van der Waals surface area (Å²) in [4.78, 5) is 31.6. The highest BCUT2D eigenvalue weighted by atomic mass is 32.1. The van der Waals surface area contributed by atoms with Crippen LogP contribution >= 0.6 is 11.3 Å². The number of aromatic hydroxyl groups is 1. The molecule has 4 rings (SSSR count). The molecule has 1 aliphatic rings. The monoisotopic (exact) mass is 399 g/mol. The van der Waals surface area contributed by atoms with Gasteiger partial charge in [-0.25, -0.2) is 4.98 Å². The number of thiophene rings is 1. The van der Waals surface area contributed by atoms with Gasteiger partial charge in [-0.1, -0.05) is 6.42 Å². The summed E-state index contributed by atoms with van der Waals surface area (Å²) >= 11 is 1.24. The molecule has 0 saturated carbocycles. The first-order valence-corrected chi connectivity index (χ1v) is 10.0. The standard InChI is InChI=1S/C20H21N3O4S/c1-11-16-19(22-15-6-4-3-5-9-23(15)20(16)26)28-17(11)18(25)21-12-7-8-13(24)14(10-12)27-2/h7-8,10,24H,3-6,9H2,1-2H3,(H,21,25). The van der Waals surface area contributed by atoms with Crippen LogP contribution in [0.15, 0.2) is 23.0 Å². The maximum atomic E-state index is 13.0. The van der Waals surface area contributed by atoms with Gasteiger partial charge in [0.2, 0.25) is 0 Å². The first-order chi connectivity index (χ1) is 13.5. The zero-order valence-electron chi connectivity index (χ0n) is 15.7. The molecule has 3 aromatic rings. The molecule has 0 radical (unpaired) electrons. The average Bonchev–Trinajstić information content (AvgIpc) is 2.85. The minimum Gasteiger partial charge on any atom is -0.504 e. The Morgan fingerprint density at radius 1 is 1.32 bits per heavy atom. The summed E-state index contributed by atoms with van der Waals surface area (Å²) in [5, 5.41) is 13.0. The summed E-state index contributed by atoms with van der Waals surface area (Å²) in [6, 6.07) is 4.59. The van der Waals surface area contributed by atoms with Crippen molar-refractivity contribution in [2.45, 2.75) is 39.2 Å². The van der Waals surface area contributed by atoms with Crippen LogP contribution in [0.4, 0.5) is 5.69 Å². The molecule has 1 aliphatic heterocycles. The number of aryl methyl sites for hydroxylation is 2. The van der Waals surface area contributed by atoms with Gasteiger partial charge < -0.3 is 15.2 Å². The van der Waals surface area contributed by atoms with E-state index in [2.05, 4.69) is 5.32 Å². The topological polar surface area (TPSA) is 93.5 Å². The fourth-order valence-electron chi connectivity index (χ4n) is 3.57. The average molecular weight is 399 g/mol. The third-order valence-electron chi connectivity index (χ3n) is 5.06. The summed E-state index contributed by atoms with van der Waals surface area (Å²) in [6.45, 7) is 2.47. The largest absolute Gasteiger partial charge is 0.504 e. The van der Waals surface area contributed by atoms with Crippen LogP contribution in [-0.2, 0) is 13.0 Å². The molecule has 0 spiro atoms. The van der Waals surface area contributed by atoms with Gasteiger partial charge in [0.05, 0.1) is 17.4 Å². The Kier molecular flexibility index (Phi) is 4.80. The number of phenols is 1. The lowest BCUT2D eigenvalue weighted by Gasteiger charge is -2.08. The molecule has 0 atom stereocenters. The van der Waals surface area contributed by atoms with Gasteiger partial charge in [-0.2, -0.15) is 0 Å². The molecular weight excluding hydrogens is 378 g/mol. The van der Waals surface area contributed by atoms with E-state index in [0.29, 0.717) is 32.9 Å². The Balaban J connectivity index is 1.73. The predicted molar refractivity (Wildman–Crippen MR) is 109 cm³/mol. The van der Waals surface area contributed by atoms with E-state index in [4.69, 9.17) is 9.72 Å². The molecular formula is C20H21N3O4S. The number of carbonyl (C=O) groups is 1. The second-order valence-corrected chi connectivity index (χ2v) is 7.87. The van der Waals surface area contributed by atoms with Gasteiger partial charge in [0.25, 0.3) is 11.5 Å². The van der Waals surface area contributed by atoms with E-state index in [1.54, 1.807) is 23.6 Å². The van der Waals surface area contributed by atoms with Gasteiger partial charge in [0.15, 0.2) is 11.5 Å². The number of phenolic OH excluding ortho intramolecular Hbond substituents is 1. The number of nitrogens with zero attached hydrogens (tertiary/aromatic N) is 2. The van der Waals surface area contributed by atoms with Crippen molar-refractivity contribution >= 4 is 33.1 Å². The maximum absolute atomic E-state index is 13.0. The molecule has 0 aliphatic carbocycles. The summed E-state index contributed by atoms with van der Waals surface area (Å²) in [5.74, 6) is 0.770. The molecule has 0 saturated heterocycles. The molecule has 146 valence electrons. The Bertz CT molecular complexity index is 1130. The fraction of sp³-hybridized carbons (Fsp3) is 0.350. The Morgan fingerprint density at radius 2 is 2.14 bits per heavy atom. The van der Waals surface area contributed by atoms with Crippen molar-refractivity contribution in [1.29, 1.82) is 0 Å². The summed E-state index contributed by atoms with van der Waals surface area (Å²) in [7, 11) is 1.44. The lowest BCUT2D eigenvalue weighted by molar-refractivity contribution is 0.103. The summed E-state index contributed by atoms with van der Waals surface area (Å²) < 4.78 is 6.84. The summed E-state index contributed by atoms with van der Waals surface area (Å²) in [5.41, 5.74) is 1.10. The number of carbonyl (C=O) groups excluding carboxylic acids is 1. The van der Waals surface area contributed by atoms with E-state index >= 15 is 0 Å². The van der Waals surface area contributed by atoms with Crippen LogP contribution in [0, 0.1) is 6.92 Å². The van der Waals surface area contributed by atoms with Crippen molar-refractivity contribution in [2.24, 2.45) is 0 Å². The Labute approximate surface area is 165 Å². The highest BCUT2D eigenvalue weighted by molar-refractivity contribution is 7.20. The number of anilines is 1. The van der Waals surface area contributed by atoms with Gasteiger partial charge in [-0.3, -0.25) is 14.2 Å². The number of aromatic nitrogens is 2. The zero-order valence-corrected chi connectivity index (χ0v) is 16.6. The van der Waals surface area contributed by atoms with Gasteiger partial charge in [-0.15, -0.1) is 11.3 Å². The van der Waals surface area contributed by atoms with Gasteiger partial charge in [0, 0.05) is 24.7 Å². The van der Waals surface area contributed by atoms with Crippen molar-refractivity contribution in [3.63, 3.8) is 0 Å². The van der Waals surface area contributed by atoms with E-state index in [1.165, 1.54) is 24.5 Å². The summed E-state index contributed by atoms with van der Waals surface area (Å²) in [6.07, 6.45) is 3.88. The van der Waals surface area contributed by atoms with Gasteiger partial charge in [0.1, 0.15) is 10.7 Å². The van der Waals surface area contributed by atoms with Crippen molar-refractivity contribution in [1.82, 2.24) is 9.55 Å². The van der Waals surface area contributed by atoms with Gasteiger partial charge in [-0.05, 0) is 37.5 Å². The fourth-order valence-corrected chi connectivity index (χ4v) is 4.66. The predicted octanol–water partition coefficient (Wildman–Crippen LogP) is 3.46. The number of nitrogens with one attached hydrogen (secondary N) is 1. The van der Waals surface area contributed by atoms with Crippen molar-refractivity contribution in [2.75, 3.05) is 12.4 Å². The maximum Gasteiger partial charge on any atom is 0.266 e. The molecule has 7 nitrogen and oxygen atoms in total. The second kappa shape index (κ2) is 7.27. The van der Waals surface area contributed by atoms with Crippen LogP contribution in [-0.4, -0.2) is 27.7 Å². The molecule has 0 unspecified atom stereocenters. The second-order valence-electron chi connectivity index (χ2n) is 6.87. The quantitative estimate of drug-likeness (QED) is 0.658. The Hall–Kier alpha value is -2.87. The number of benzene rings is 1. The van der Waals surface area contributed by atoms with Crippen LogP contribution < -0.4 is 15.6 Å². The molecule has 2 aromatic heterocycles. The van der Waals surface area contributed by atoms with E-state index in [1.807, 2.05) is 0 Å². The Morgan fingerprint density at radius 3 is 2.93 bits per heavy atom. The van der Waals surface area contributed by atoms with E-state index in [9.17, 15) is 14.7 Å². The number of hydrogen-bond acceptors (Lipinski definition) is 6. The lowest BCUT2D eigenvalue weighted by atomic mass is 10.2. The molecule has 8 heteroatoms. The highest BCUT2D eigenvalue weighted by Gasteiger charge is 2.22. The zero-order chi connectivity index (χ0) is 19.8. The van der Waals surface area contributed by atoms with Crippen molar-refractivity contribution in [3.8, 4) is 11.5 Å². The molecule has 1 amide bonds. The molecule has 0 bridgehead atoms. The first-order valence-electron chi connectivity index (χ1n) is 9.20. The van der Waals surface area contributed by atoms with Gasteiger partial charge >= 0.3 is 0 Å². The highest BCUT2D eigenvalue weighted by Crippen LogP contribution is 2.31. The minimum absolute atomic E-state index is 0.00254.